The molecule has 0 aliphatic carbocycles. The first-order chi connectivity index (χ1) is 14.4. The zero-order valence-corrected chi connectivity index (χ0v) is 21.3. The van der Waals surface area contributed by atoms with Crippen molar-refractivity contribution in [1.82, 2.24) is 10.2 Å². The number of carbonyl (C=O) groups excluding carboxylic acids is 1. The molecule has 0 unspecified atom stereocenters. The van der Waals surface area contributed by atoms with E-state index in [1.54, 1.807) is 0 Å². The molecule has 0 spiro atoms. The minimum absolute atomic E-state index is 0. The second-order valence-electron chi connectivity index (χ2n) is 8.34. The van der Waals surface area contributed by atoms with Crippen LogP contribution >= 0.6 is 24.8 Å². The van der Waals surface area contributed by atoms with Gasteiger partial charge in [0.1, 0.15) is 5.75 Å². The quantitative estimate of drug-likeness (QED) is 0.564. The van der Waals surface area contributed by atoms with Crippen LogP contribution in [-0.4, -0.2) is 56.7 Å². The number of carbonyl (C=O) groups is 1. The van der Waals surface area contributed by atoms with E-state index in [2.05, 4.69) is 65.4 Å². The van der Waals surface area contributed by atoms with E-state index in [1.807, 2.05) is 13.8 Å². The molecule has 0 radical (unpaired) electrons. The minimum atomic E-state index is -0.0567. The molecule has 1 N–H and O–H groups in total. The van der Waals surface area contributed by atoms with Crippen molar-refractivity contribution in [2.75, 3.05) is 50.8 Å². The van der Waals surface area contributed by atoms with Gasteiger partial charge in [-0.05, 0) is 63.4 Å². The highest BCUT2D eigenvalue weighted by Gasteiger charge is 2.17. The summed E-state index contributed by atoms with van der Waals surface area (Å²) in [5.41, 5.74) is 6.05. The smallest absolute Gasteiger partial charge is 0.257 e. The summed E-state index contributed by atoms with van der Waals surface area (Å²) >= 11 is 0. The van der Waals surface area contributed by atoms with Gasteiger partial charge >= 0.3 is 0 Å². The number of nitrogens with zero attached hydrogens (tertiary/aromatic N) is 2. The van der Waals surface area contributed by atoms with Crippen molar-refractivity contribution in [3.63, 3.8) is 0 Å². The summed E-state index contributed by atoms with van der Waals surface area (Å²) in [5, 5.41) is 2.98. The summed E-state index contributed by atoms with van der Waals surface area (Å²) in [5.74, 6) is 0.765. The Balaban J connectivity index is 0.00000256. The largest absolute Gasteiger partial charge is 0.483 e. The Bertz CT molecular complexity index is 845. The van der Waals surface area contributed by atoms with Gasteiger partial charge in [-0.15, -0.1) is 24.8 Å². The van der Waals surface area contributed by atoms with Crippen molar-refractivity contribution in [2.45, 2.75) is 34.1 Å². The number of aryl methyl sites for hydroxylation is 4. The molecule has 1 fully saturated rings. The van der Waals surface area contributed by atoms with Gasteiger partial charge in [0.15, 0.2) is 6.61 Å². The highest BCUT2D eigenvalue weighted by atomic mass is 35.5. The number of nitrogens with one attached hydrogen (secondary N) is 1. The van der Waals surface area contributed by atoms with Crippen LogP contribution in [0.1, 0.15) is 28.7 Å². The highest BCUT2D eigenvalue weighted by molar-refractivity contribution is 5.85. The van der Waals surface area contributed by atoms with Gasteiger partial charge in [-0.1, -0.05) is 35.9 Å². The Morgan fingerprint density at radius 3 is 2.19 bits per heavy atom. The molecule has 1 saturated heterocycles. The Hall–Kier alpha value is -1.95. The minimum Gasteiger partial charge on any atom is -0.483 e. The van der Waals surface area contributed by atoms with Gasteiger partial charge < -0.3 is 15.0 Å². The lowest BCUT2D eigenvalue weighted by atomic mass is 10.1. The number of anilines is 1. The van der Waals surface area contributed by atoms with Crippen LogP contribution in [0.5, 0.6) is 5.75 Å². The molecule has 0 aromatic heterocycles. The fourth-order valence-corrected chi connectivity index (χ4v) is 4.24. The third-order valence-corrected chi connectivity index (χ3v) is 5.75. The number of halogens is 2. The molecule has 0 atom stereocenters. The van der Waals surface area contributed by atoms with Crippen molar-refractivity contribution in [1.29, 1.82) is 0 Å². The lowest BCUT2D eigenvalue weighted by Crippen LogP contribution is -2.47. The van der Waals surface area contributed by atoms with Crippen LogP contribution < -0.4 is 15.0 Å². The molecule has 5 nitrogen and oxygen atoms in total. The molecule has 2 aromatic carbocycles. The Labute approximate surface area is 205 Å². The molecule has 1 aliphatic heterocycles. The third-order valence-electron chi connectivity index (χ3n) is 5.75. The van der Waals surface area contributed by atoms with Crippen molar-refractivity contribution in [2.24, 2.45) is 0 Å². The maximum absolute atomic E-state index is 12.1. The summed E-state index contributed by atoms with van der Waals surface area (Å²) in [7, 11) is 0. The zero-order chi connectivity index (χ0) is 21.5. The first kappa shape index (κ1) is 28.1. The van der Waals surface area contributed by atoms with Crippen molar-refractivity contribution < 1.29 is 9.53 Å². The van der Waals surface area contributed by atoms with Gasteiger partial charge in [0.2, 0.25) is 0 Å². The van der Waals surface area contributed by atoms with Crippen LogP contribution in [0, 0.1) is 27.7 Å². The van der Waals surface area contributed by atoms with Gasteiger partial charge in [-0.3, -0.25) is 9.69 Å². The van der Waals surface area contributed by atoms with Crippen molar-refractivity contribution >= 4 is 36.4 Å². The number of amides is 1. The standard InChI is InChI=1S/C25H35N3O2.2ClH/c1-19-16-21(3)25(22(4)17-19)30-18-24(29)26-10-7-11-27-12-14-28(15-13-27)23-9-6-5-8-20(23)2;;/h5-6,8-9,16-17H,7,10-15,18H2,1-4H3,(H,26,29);2*1H. The molecule has 1 amide bonds. The van der Waals surface area contributed by atoms with Crippen LogP contribution in [0.2, 0.25) is 0 Å². The Morgan fingerprint density at radius 2 is 1.56 bits per heavy atom. The zero-order valence-electron chi connectivity index (χ0n) is 19.6. The van der Waals surface area contributed by atoms with E-state index >= 15 is 0 Å². The second-order valence-corrected chi connectivity index (χ2v) is 8.34. The number of benzene rings is 2. The lowest BCUT2D eigenvalue weighted by Gasteiger charge is -2.36. The van der Waals surface area contributed by atoms with Crippen LogP contribution in [-0.2, 0) is 4.79 Å². The molecular formula is C25H37Cl2N3O2. The Kier molecular flexibility index (Phi) is 11.9. The van der Waals surface area contributed by atoms with Gasteiger partial charge in [-0.2, -0.15) is 0 Å². The normalized spacial score (nSPS) is 13.7. The van der Waals surface area contributed by atoms with E-state index in [4.69, 9.17) is 4.74 Å². The number of hydrogen-bond donors (Lipinski definition) is 1. The fourth-order valence-electron chi connectivity index (χ4n) is 4.24. The first-order valence-electron chi connectivity index (χ1n) is 10.9. The predicted molar refractivity (Wildman–Crippen MR) is 138 cm³/mol. The fraction of sp³-hybridized carbons (Fsp3) is 0.480. The molecule has 3 rings (SSSR count). The van der Waals surface area contributed by atoms with Crippen molar-refractivity contribution in [3.8, 4) is 5.75 Å². The summed E-state index contributed by atoms with van der Waals surface area (Å²) in [4.78, 5) is 17.1. The number of hydrogen-bond acceptors (Lipinski definition) is 4. The molecule has 1 heterocycles. The van der Waals surface area contributed by atoms with Gasteiger partial charge in [0.25, 0.3) is 5.91 Å². The summed E-state index contributed by atoms with van der Waals surface area (Å²) in [6.07, 6.45) is 0.957. The summed E-state index contributed by atoms with van der Waals surface area (Å²) < 4.78 is 5.77. The number of rotatable bonds is 8. The monoisotopic (exact) mass is 481 g/mol. The SMILES string of the molecule is Cc1cc(C)c(OCC(=O)NCCCN2CCN(c3ccccc3C)CC2)c(C)c1.Cl.Cl. The molecule has 0 saturated carbocycles. The summed E-state index contributed by atoms with van der Waals surface area (Å²) in [6.45, 7) is 14.3. The van der Waals surface area contributed by atoms with E-state index in [0.717, 1.165) is 56.0 Å². The van der Waals surface area contributed by atoms with E-state index in [-0.39, 0.29) is 37.3 Å². The number of ether oxygens (including phenoxy) is 1. The molecule has 2 aromatic rings. The molecule has 178 valence electrons. The lowest BCUT2D eigenvalue weighted by molar-refractivity contribution is -0.123. The molecular weight excluding hydrogens is 445 g/mol. The Morgan fingerprint density at radius 1 is 0.938 bits per heavy atom. The van der Waals surface area contributed by atoms with E-state index in [0.29, 0.717) is 6.54 Å². The average molecular weight is 482 g/mol. The van der Waals surface area contributed by atoms with Crippen molar-refractivity contribution in [3.05, 3.63) is 58.7 Å². The molecule has 0 bridgehead atoms. The van der Waals surface area contributed by atoms with Crippen LogP contribution in [0.25, 0.3) is 0 Å². The first-order valence-corrected chi connectivity index (χ1v) is 10.9. The van der Waals surface area contributed by atoms with Crippen LogP contribution in [0.15, 0.2) is 36.4 Å². The van der Waals surface area contributed by atoms with Crippen LogP contribution in [0.4, 0.5) is 5.69 Å². The second kappa shape index (κ2) is 13.6. The molecule has 1 aliphatic rings. The van der Waals surface area contributed by atoms with Gasteiger partial charge in [-0.25, -0.2) is 0 Å². The molecule has 32 heavy (non-hydrogen) atoms. The maximum atomic E-state index is 12.1. The predicted octanol–water partition coefficient (Wildman–Crippen LogP) is 4.47. The average Bonchev–Trinajstić information content (AvgIpc) is 2.71. The number of piperazine rings is 1. The number of para-hydroxylation sites is 1. The molecule has 7 heteroatoms. The topological polar surface area (TPSA) is 44.8 Å². The van der Waals surface area contributed by atoms with Gasteiger partial charge in [0.05, 0.1) is 0 Å². The third kappa shape index (κ3) is 7.88. The van der Waals surface area contributed by atoms with E-state index in [1.165, 1.54) is 16.8 Å². The van der Waals surface area contributed by atoms with Crippen LogP contribution in [0.3, 0.4) is 0 Å². The van der Waals surface area contributed by atoms with Gasteiger partial charge in [0, 0.05) is 38.4 Å². The van der Waals surface area contributed by atoms with E-state index in [9.17, 15) is 4.79 Å². The highest BCUT2D eigenvalue weighted by Crippen LogP contribution is 2.24. The maximum Gasteiger partial charge on any atom is 0.257 e. The van der Waals surface area contributed by atoms with E-state index < -0.39 is 0 Å². The summed E-state index contributed by atoms with van der Waals surface area (Å²) in [6, 6.07) is 12.8.